The van der Waals surface area contributed by atoms with E-state index in [0.717, 1.165) is 38.5 Å². The molecule has 0 saturated carbocycles. The first-order valence-corrected chi connectivity index (χ1v) is 35.9. The number of aliphatic hydroxyl groups is 2. The Labute approximate surface area is 489 Å². The molecule has 0 aliphatic heterocycles. The molecular weight excluding hydrogens is 959 g/mol. The second-order valence-corrected chi connectivity index (χ2v) is 24.9. The number of unbranched alkanes of at least 4 members (excludes halogenated alkanes) is 55. The maximum Gasteiger partial charge on any atom is 0.305 e. The van der Waals surface area contributed by atoms with Crippen molar-refractivity contribution in [2.45, 2.75) is 424 Å². The molecule has 6 heteroatoms. The van der Waals surface area contributed by atoms with Gasteiger partial charge in [0.15, 0.2) is 0 Å². The summed E-state index contributed by atoms with van der Waals surface area (Å²) in [6, 6.07) is -0.538. The molecule has 0 spiro atoms. The predicted octanol–water partition coefficient (Wildman–Crippen LogP) is 23.1. The van der Waals surface area contributed by atoms with E-state index in [4.69, 9.17) is 4.74 Å². The van der Waals surface area contributed by atoms with Crippen LogP contribution in [0.4, 0.5) is 0 Å². The Morgan fingerprint density at radius 1 is 0.346 bits per heavy atom. The van der Waals surface area contributed by atoms with Gasteiger partial charge in [-0.15, -0.1) is 0 Å². The minimum absolute atomic E-state index is 0.0192. The normalized spacial score (nSPS) is 12.5. The van der Waals surface area contributed by atoms with E-state index in [1.807, 2.05) is 0 Å². The molecule has 0 aromatic carbocycles. The lowest BCUT2D eigenvalue weighted by Crippen LogP contribution is -2.45. The van der Waals surface area contributed by atoms with Crippen molar-refractivity contribution in [2.75, 3.05) is 13.2 Å². The largest absolute Gasteiger partial charge is 0.466 e. The number of carbonyl (C=O) groups excluding carboxylic acids is 2. The van der Waals surface area contributed by atoms with Crippen molar-refractivity contribution < 1.29 is 24.5 Å². The number of hydrogen-bond donors (Lipinski definition) is 3. The lowest BCUT2D eigenvalue weighted by molar-refractivity contribution is -0.143. The van der Waals surface area contributed by atoms with Crippen LogP contribution in [0, 0.1) is 0 Å². The summed E-state index contributed by atoms with van der Waals surface area (Å²) >= 11 is 0. The van der Waals surface area contributed by atoms with Gasteiger partial charge in [-0.1, -0.05) is 360 Å². The van der Waals surface area contributed by atoms with E-state index in [9.17, 15) is 19.8 Å². The third-order valence-corrected chi connectivity index (χ3v) is 17.1. The highest BCUT2D eigenvalue weighted by Crippen LogP contribution is 2.19. The van der Waals surface area contributed by atoms with Gasteiger partial charge in [0.05, 0.1) is 25.4 Å². The molecule has 3 N–H and O–H groups in total. The van der Waals surface area contributed by atoms with Crippen LogP contribution in [0.1, 0.15) is 412 Å². The van der Waals surface area contributed by atoms with Gasteiger partial charge < -0.3 is 20.3 Å². The second-order valence-electron chi connectivity index (χ2n) is 24.9. The summed E-state index contributed by atoms with van der Waals surface area (Å²) < 4.78 is 5.48. The Hall–Kier alpha value is -1.40. The van der Waals surface area contributed by atoms with Crippen molar-refractivity contribution in [2.24, 2.45) is 0 Å². The smallest absolute Gasteiger partial charge is 0.305 e. The molecule has 0 bridgehead atoms. The molecule has 0 aliphatic rings. The van der Waals surface area contributed by atoms with E-state index < -0.39 is 12.1 Å². The molecule has 0 saturated heterocycles. The molecule has 464 valence electrons. The molecule has 0 radical (unpaired) electrons. The maximum atomic E-state index is 12.5. The summed E-state index contributed by atoms with van der Waals surface area (Å²) in [5, 5.41) is 23.4. The van der Waals surface area contributed by atoms with Crippen molar-refractivity contribution in [1.82, 2.24) is 5.32 Å². The molecule has 0 rings (SSSR count). The highest BCUT2D eigenvalue weighted by atomic mass is 16.5. The summed E-state index contributed by atoms with van der Waals surface area (Å²) in [5.74, 6) is -0.00850. The maximum absolute atomic E-state index is 12.5. The number of hydrogen-bond acceptors (Lipinski definition) is 5. The lowest BCUT2D eigenvalue weighted by atomic mass is 10.0. The topological polar surface area (TPSA) is 95.9 Å². The number of nitrogens with one attached hydrogen (secondary N) is 1. The van der Waals surface area contributed by atoms with Crippen LogP contribution in [-0.2, 0) is 14.3 Å². The first-order chi connectivity index (χ1) is 38.5. The summed E-state index contributed by atoms with van der Waals surface area (Å²) in [4.78, 5) is 24.5. The second kappa shape index (κ2) is 68.1. The van der Waals surface area contributed by atoms with Gasteiger partial charge in [0.25, 0.3) is 0 Å². The summed E-state index contributed by atoms with van der Waals surface area (Å²) in [6.45, 7) is 4.99. The van der Waals surface area contributed by atoms with Crippen molar-refractivity contribution in [1.29, 1.82) is 0 Å². The molecule has 0 fully saturated rings. The van der Waals surface area contributed by atoms with E-state index in [-0.39, 0.29) is 18.5 Å². The molecule has 78 heavy (non-hydrogen) atoms. The monoisotopic (exact) mass is 1100 g/mol. The van der Waals surface area contributed by atoms with Crippen LogP contribution < -0.4 is 5.32 Å². The van der Waals surface area contributed by atoms with Gasteiger partial charge in [0.2, 0.25) is 5.91 Å². The Morgan fingerprint density at radius 3 is 0.910 bits per heavy atom. The molecule has 0 aromatic rings. The van der Waals surface area contributed by atoms with Crippen LogP contribution in [-0.4, -0.2) is 47.4 Å². The Kier molecular flexibility index (Phi) is 66.9. The van der Waals surface area contributed by atoms with Gasteiger partial charge >= 0.3 is 5.97 Å². The molecule has 2 atom stereocenters. The molecule has 0 heterocycles. The van der Waals surface area contributed by atoms with Crippen LogP contribution in [0.5, 0.6) is 0 Å². The first-order valence-electron chi connectivity index (χ1n) is 35.9. The number of amides is 1. The first kappa shape index (κ1) is 76.6. The van der Waals surface area contributed by atoms with Gasteiger partial charge in [-0.2, -0.15) is 0 Å². The van der Waals surface area contributed by atoms with Gasteiger partial charge in [0, 0.05) is 12.8 Å². The van der Waals surface area contributed by atoms with E-state index >= 15 is 0 Å². The average molecular weight is 1100 g/mol. The van der Waals surface area contributed by atoms with Crippen LogP contribution in [0.25, 0.3) is 0 Å². The summed E-state index contributed by atoms with van der Waals surface area (Å²) in [6.07, 6.45) is 84.2. The average Bonchev–Trinajstić information content (AvgIpc) is 3.44. The van der Waals surface area contributed by atoms with Gasteiger partial charge in [-0.3, -0.25) is 9.59 Å². The minimum Gasteiger partial charge on any atom is -0.466 e. The SMILES string of the molecule is CCCCCCCCCCCCCCCCCCCC(O)C(CO)NC(=O)CCCCCCCCCCCCCCCCCCC/C=C\CCCCCCCCCCCCCCOC(=O)CCCCCCCCCCCCC. The Bertz CT molecular complexity index is 1180. The lowest BCUT2D eigenvalue weighted by Gasteiger charge is -2.22. The van der Waals surface area contributed by atoms with E-state index in [0.29, 0.717) is 25.9 Å². The summed E-state index contributed by atoms with van der Waals surface area (Å²) in [7, 11) is 0. The van der Waals surface area contributed by atoms with Crippen LogP contribution in [0.3, 0.4) is 0 Å². The Morgan fingerprint density at radius 2 is 0.603 bits per heavy atom. The standard InChI is InChI=1S/C72H141NO5/c1-3-5-7-9-11-13-15-16-17-35-38-41-45-48-52-56-60-64-70(75)69(68-74)73-71(76)65-61-57-53-49-46-42-39-36-33-31-29-27-25-23-21-19-18-20-22-24-26-28-30-32-34-37-40-43-47-51-55-59-63-67-78-72(77)66-62-58-54-50-44-14-12-10-8-6-4-2/h22,24,69-70,74-75H,3-21,23,25-68H2,1-2H3,(H,73,76)/b24-22-. The third-order valence-electron chi connectivity index (χ3n) is 17.1. The van der Waals surface area contributed by atoms with Crippen LogP contribution in [0.2, 0.25) is 0 Å². The highest BCUT2D eigenvalue weighted by molar-refractivity contribution is 5.76. The number of carbonyl (C=O) groups is 2. The van der Waals surface area contributed by atoms with Crippen molar-refractivity contribution >= 4 is 11.9 Å². The zero-order valence-electron chi connectivity index (χ0n) is 53.2. The molecular formula is C72H141NO5. The fourth-order valence-electron chi connectivity index (χ4n) is 11.6. The molecule has 0 aliphatic carbocycles. The third kappa shape index (κ3) is 63.8. The molecule has 1 amide bonds. The quantitative estimate of drug-likeness (QED) is 0.0320. The number of esters is 1. The van der Waals surface area contributed by atoms with Gasteiger partial charge in [-0.05, 0) is 51.4 Å². The number of rotatable bonds is 68. The van der Waals surface area contributed by atoms with Crippen molar-refractivity contribution in [3.8, 4) is 0 Å². The zero-order chi connectivity index (χ0) is 56.4. The van der Waals surface area contributed by atoms with E-state index in [2.05, 4.69) is 31.3 Å². The van der Waals surface area contributed by atoms with Gasteiger partial charge in [0.1, 0.15) is 0 Å². The van der Waals surface area contributed by atoms with Crippen molar-refractivity contribution in [3.63, 3.8) is 0 Å². The molecule has 0 aromatic heterocycles. The van der Waals surface area contributed by atoms with Crippen molar-refractivity contribution in [3.05, 3.63) is 12.2 Å². The van der Waals surface area contributed by atoms with E-state index in [1.54, 1.807) is 0 Å². The van der Waals surface area contributed by atoms with E-state index in [1.165, 1.54) is 340 Å². The van der Waals surface area contributed by atoms with Crippen LogP contribution in [0.15, 0.2) is 12.2 Å². The number of aliphatic hydroxyl groups excluding tert-OH is 2. The Balaban J connectivity index is 3.34. The fraction of sp³-hybridized carbons (Fsp3) is 0.944. The summed E-state index contributed by atoms with van der Waals surface area (Å²) in [5.41, 5.74) is 0. The molecule has 6 nitrogen and oxygen atoms in total. The zero-order valence-corrected chi connectivity index (χ0v) is 53.2. The molecule has 2 unspecified atom stereocenters. The predicted molar refractivity (Wildman–Crippen MR) is 343 cm³/mol. The minimum atomic E-state index is -0.661. The highest BCUT2D eigenvalue weighted by Gasteiger charge is 2.20. The van der Waals surface area contributed by atoms with Gasteiger partial charge in [-0.25, -0.2) is 0 Å². The van der Waals surface area contributed by atoms with Crippen LogP contribution >= 0.6 is 0 Å². The number of ether oxygens (including phenoxy) is 1. The number of allylic oxidation sites excluding steroid dienone is 2. The fourth-order valence-corrected chi connectivity index (χ4v) is 11.6.